The lowest BCUT2D eigenvalue weighted by atomic mass is 10.1. The number of halogens is 2. The summed E-state index contributed by atoms with van der Waals surface area (Å²) in [7, 11) is 0. The molecule has 5 heteroatoms. The Balaban J connectivity index is 2.56. The molecule has 0 aliphatic heterocycles. The average molecular weight is 369 g/mol. The Morgan fingerprint density at radius 2 is 1.95 bits per heavy atom. The van der Waals surface area contributed by atoms with E-state index in [2.05, 4.69) is 40.1 Å². The maximum Gasteiger partial charge on any atom is 0.163 e. The van der Waals surface area contributed by atoms with Crippen molar-refractivity contribution >= 4 is 33.3 Å². The summed E-state index contributed by atoms with van der Waals surface area (Å²) in [4.78, 5) is 9.31. The van der Waals surface area contributed by atoms with Crippen molar-refractivity contribution in [2.24, 2.45) is 5.92 Å². The van der Waals surface area contributed by atoms with E-state index in [0.29, 0.717) is 16.8 Å². The third-order valence-corrected chi connectivity index (χ3v) is 4.14. The molecule has 0 saturated heterocycles. The number of nitrogens with zero attached hydrogens (tertiary/aromatic N) is 2. The van der Waals surface area contributed by atoms with Crippen molar-refractivity contribution in [3.63, 3.8) is 0 Å². The third kappa shape index (κ3) is 3.95. The van der Waals surface area contributed by atoms with Crippen molar-refractivity contribution in [3.05, 3.63) is 39.5 Å². The van der Waals surface area contributed by atoms with Crippen LogP contribution in [0.4, 0.5) is 5.82 Å². The van der Waals surface area contributed by atoms with Crippen LogP contribution >= 0.6 is 27.5 Å². The van der Waals surface area contributed by atoms with Crippen molar-refractivity contribution in [2.75, 3.05) is 11.9 Å². The predicted molar refractivity (Wildman–Crippen MR) is 92.9 cm³/mol. The van der Waals surface area contributed by atoms with Gasteiger partial charge in [0.25, 0.3) is 0 Å². The van der Waals surface area contributed by atoms with Gasteiger partial charge in [-0.15, -0.1) is 0 Å². The van der Waals surface area contributed by atoms with Crippen LogP contribution in [0.3, 0.4) is 0 Å². The lowest BCUT2D eigenvalue weighted by molar-refractivity contribution is 0.632. The molecule has 1 aromatic heterocycles. The molecule has 1 N–H and O–H groups in total. The molecule has 0 aliphatic rings. The van der Waals surface area contributed by atoms with E-state index in [9.17, 15) is 0 Å². The van der Waals surface area contributed by atoms with Gasteiger partial charge >= 0.3 is 0 Å². The van der Waals surface area contributed by atoms with Crippen molar-refractivity contribution in [3.8, 4) is 11.4 Å². The zero-order valence-corrected chi connectivity index (χ0v) is 14.8. The summed E-state index contributed by atoms with van der Waals surface area (Å²) >= 11 is 9.89. The topological polar surface area (TPSA) is 37.8 Å². The largest absolute Gasteiger partial charge is 0.369 e. The van der Waals surface area contributed by atoms with Gasteiger partial charge in [0.1, 0.15) is 5.82 Å². The average Bonchev–Trinajstić information content (AvgIpc) is 2.43. The molecule has 0 spiro atoms. The molecule has 0 amide bonds. The SMILES string of the molecule is CCNc1nc(-c2ccccc2Cl)nc(CC(C)C)c1Br. The third-order valence-electron chi connectivity index (χ3n) is 2.98. The molecule has 0 saturated carbocycles. The second kappa shape index (κ2) is 7.23. The summed E-state index contributed by atoms with van der Waals surface area (Å²) in [6.07, 6.45) is 0.888. The predicted octanol–water partition coefficient (Wildman–Crippen LogP) is 5.19. The van der Waals surface area contributed by atoms with E-state index in [1.165, 1.54) is 0 Å². The fraction of sp³-hybridized carbons (Fsp3) is 0.375. The quantitative estimate of drug-likeness (QED) is 0.789. The highest BCUT2D eigenvalue weighted by Crippen LogP contribution is 2.31. The van der Waals surface area contributed by atoms with Gasteiger partial charge in [-0.2, -0.15) is 0 Å². The lowest BCUT2D eigenvalue weighted by Gasteiger charge is -2.14. The number of nitrogens with one attached hydrogen (secondary N) is 1. The molecule has 0 atom stereocenters. The number of aromatic nitrogens is 2. The van der Waals surface area contributed by atoms with Gasteiger partial charge in [-0.1, -0.05) is 37.6 Å². The van der Waals surface area contributed by atoms with Gasteiger partial charge in [0.2, 0.25) is 0 Å². The van der Waals surface area contributed by atoms with E-state index < -0.39 is 0 Å². The molecule has 21 heavy (non-hydrogen) atoms. The molecule has 0 fully saturated rings. The van der Waals surface area contributed by atoms with Gasteiger partial charge in [0.05, 0.1) is 15.2 Å². The second-order valence-corrected chi connectivity index (χ2v) is 6.46. The lowest BCUT2D eigenvalue weighted by Crippen LogP contribution is -2.08. The van der Waals surface area contributed by atoms with Crippen LogP contribution < -0.4 is 5.32 Å². The van der Waals surface area contributed by atoms with Crippen LogP contribution in [0.15, 0.2) is 28.7 Å². The first kappa shape index (κ1) is 16.2. The molecule has 0 radical (unpaired) electrons. The van der Waals surface area contributed by atoms with E-state index in [4.69, 9.17) is 16.6 Å². The van der Waals surface area contributed by atoms with Gasteiger partial charge in [-0.3, -0.25) is 0 Å². The summed E-state index contributed by atoms with van der Waals surface area (Å²) in [5, 5.41) is 3.94. The maximum absolute atomic E-state index is 6.27. The number of hydrogen-bond acceptors (Lipinski definition) is 3. The van der Waals surface area contributed by atoms with Crippen LogP contribution in [0.1, 0.15) is 26.5 Å². The fourth-order valence-electron chi connectivity index (χ4n) is 2.06. The van der Waals surface area contributed by atoms with E-state index in [1.807, 2.05) is 31.2 Å². The van der Waals surface area contributed by atoms with Crippen LogP contribution in [0.25, 0.3) is 11.4 Å². The van der Waals surface area contributed by atoms with E-state index in [1.54, 1.807) is 0 Å². The Bertz CT molecular complexity index is 629. The standard InChI is InChI=1S/C16H19BrClN3/c1-4-19-16-14(17)13(9-10(2)3)20-15(21-16)11-7-5-6-8-12(11)18/h5-8,10H,4,9H2,1-3H3,(H,19,20,21). The monoisotopic (exact) mass is 367 g/mol. The summed E-state index contributed by atoms with van der Waals surface area (Å²) < 4.78 is 0.939. The summed E-state index contributed by atoms with van der Waals surface area (Å²) in [5.74, 6) is 2.00. The highest BCUT2D eigenvalue weighted by Gasteiger charge is 2.15. The highest BCUT2D eigenvalue weighted by atomic mass is 79.9. The first-order valence-corrected chi connectivity index (χ1v) is 8.25. The van der Waals surface area contributed by atoms with Gasteiger partial charge in [0.15, 0.2) is 5.82 Å². The number of rotatable bonds is 5. The van der Waals surface area contributed by atoms with Gasteiger partial charge < -0.3 is 5.32 Å². The molecule has 1 aromatic carbocycles. The minimum absolute atomic E-state index is 0.518. The first-order valence-electron chi connectivity index (χ1n) is 7.08. The van der Waals surface area contributed by atoms with Crippen molar-refractivity contribution in [1.29, 1.82) is 0 Å². The van der Waals surface area contributed by atoms with Crippen molar-refractivity contribution < 1.29 is 0 Å². The molecule has 2 rings (SSSR count). The smallest absolute Gasteiger partial charge is 0.163 e. The number of benzene rings is 1. The Morgan fingerprint density at radius 1 is 1.24 bits per heavy atom. The zero-order valence-electron chi connectivity index (χ0n) is 12.5. The minimum Gasteiger partial charge on any atom is -0.369 e. The molecular weight excluding hydrogens is 350 g/mol. The van der Waals surface area contributed by atoms with Crippen LogP contribution in [0, 0.1) is 5.92 Å². The molecule has 2 aromatic rings. The van der Waals surface area contributed by atoms with Crippen LogP contribution in [0.5, 0.6) is 0 Å². The molecule has 3 nitrogen and oxygen atoms in total. The Hall–Kier alpha value is -1.13. The summed E-state index contributed by atoms with van der Waals surface area (Å²) in [6.45, 7) is 7.21. The molecule has 0 bridgehead atoms. The number of anilines is 1. The van der Waals surface area contributed by atoms with Gasteiger partial charge in [-0.25, -0.2) is 9.97 Å². The fourth-order valence-corrected chi connectivity index (χ4v) is 2.76. The molecule has 1 heterocycles. The van der Waals surface area contributed by atoms with Crippen LogP contribution in [0.2, 0.25) is 5.02 Å². The Kier molecular flexibility index (Phi) is 5.59. The molecule has 0 unspecified atom stereocenters. The summed E-state index contributed by atoms with van der Waals surface area (Å²) in [5.41, 5.74) is 1.86. The first-order chi connectivity index (χ1) is 10.0. The van der Waals surface area contributed by atoms with Gasteiger partial charge in [0, 0.05) is 12.1 Å². The second-order valence-electron chi connectivity index (χ2n) is 5.26. The van der Waals surface area contributed by atoms with Crippen LogP contribution in [-0.2, 0) is 6.42 Å². The van der Waals surface area contributed by atoms with Gasteiger partial charge in [-0.05, 0) is 47.3 Å². The minimum atomic E-state index is 0.518. The molecular formula is C16H19BrClN3. The highest BCUT2D eigenvalue weighted by molar-refractivity contribution is 9.10. The molecule has 0 aliphatic carbocycles. The van der Waals surface area contributed by atoms with E-state index >= 15 is 0 Å². The molecule has 112 valence electrons. The maximum atomic E-state index is 6.27. The van der Waals surface area contributed by atoms with Crippen LogP contribution in [-0.4, -0.2) is 16.5 Å². The van der Waals surface area contributed by atoms with Crippen molar-refractivity contribution in [1.82, 2.24) is 9.97 Å². The summed E-state index contributed by atoms with van der Waals surface area (Å²) in [6, 6.07) is 7.66. The Morgan fingerprint density at radius 3 is 2.57 bits per heavy atom. The van der Waals surface area contributed by atoms with E-state index in [0.717, 1.165) is 34.5 Å². The zero-order chi connectivity index (χ0) is 15.4. The Labute approximate surface area is 139 Å². The van der Waals surface area contributed by atoms with E-state index in [-0.39, 0.29) is 0 Å². The number of hydrogen-bond donors (Lipinski definition) is 1. The van der Waals surface area contributed by atoms with Crippen molar-refractivity contribution in [2.45, 2.75) is 27.2 Å². The normalized spacial score (nSPS) is 11.0.